The van der Waals surface area contributed by atoms with Crippen molar-refractivity contribution >= 4 is 17.8 Å². The Kier molecular flexibility index (Phi) is 2.83. The molecule has 0 saturated carbocycles. The maximum atomic E-state index is 11.7. The van der Waals surface area contributed by atoms with Gasteiger partial charge in [0.1, 0.15) is 5.60 Å². The lowest BCUT2D eigenvalue weighted by atomic mass is 10.2. The van der Waals surface area contributed by atoms with Crippen LogP contribution < -0.4 is 0 Å². The standard InChI is InChI=1S/C10H17N2O3/c1-7-11(5)8(13)6-12(7)9(14)15-10(2,3)4/h6H2,1-5H3/q+1. The molecule has 0 radical (unpaired) electrons. The summed E-state index contributed by atoms with van der Waals surface area (Å²) in [5.41, 5.74) is -0.540. The number of carbonyl (C=O) groups is 2. The summed E-state index contributed by atoms with van der Waals surface area (Å²) in [6, 6.07) is 0. The normalized spacial score (nSPS) is 17.4. The van der Waals surface area contributed by atoms with Crippen molar-refractivity contribution in [3.8, 4) is 0 Å². The van der Waals surface area contributed by atoms with E-state index in [-0.39, 0.29) is 12.5 Å². The molecule has 2 amide bonds. The lowest BCUT2D eigenvalue weighted by Crippen LogP contribution is -2.38. The molecule has 15 heavy (non-hydrogen) atoms. The van der Waals surface area contributed by atoms with E-state index in [0.29, 0.717) is 5.84 Å². The number of nitrogens with zero attached hydrogens (tertiary/aromatic N) is 2. The fraction of sp³-hybridized carbons (Fsp3) is 0.700. The summed E-state index contributed by atoms with van der Waals surface area (Å²) < 4.78 is 6.62. The molecule has 0 aromatic rings. The number of amides is 2. The van der Waals surface area contributed by atoms with Gasteiger partial charge in [0.25, 0.3) is 5.84 Å². The molecule has 5 nitrogen and oxygen atoms in total. The molecule has 0 bridgehead atoms. The van der Waals surface area contributed by atoms with Crippen LogP contribution in [0.1, 0.15) is 27.7 Å². The summed E-state index contributed by atoms with van der Waals surface area (Å²) in [6.07, 6.45) is -0.474. The monoisotopic (exact) mass is 213 g/mol. The number of ether oxygens (including phenoxy) is 1. The second-order valence-electron chi connectivity index (χ2n) is 4.57. The third kappa shape index (κ3) is 2.55. The Morgan fingerprint density at radius 2 is 2.00 bits per heavy atom. The van der Waals surface area contributed by atoms with Crippen LogP contribution in [0, 0.1) is 0 Å². The smallest absolute Gasteiger partial charge is 0.426 e. The van der Waals surface area contributed by atoms with Gasteiger partial charge in [0.05, 0.1) is 7.05 Å². The van der Waals surface area contributed by atoms with E-state index in [9.17, 15) is 9.59 Å². The molecule has 1 aliphatic rings. The maximum Gasteiger partial charge on any atom is 0.507 e. The van der Waals surface area contributed by atoms with Crippen molar-refractivity contribution < 1.29 is 18.9 Å². The van der Waals surface area contributed by atoms with E-state index in [1.165, 1.54) is 9.48 Å². The van der Waals surface area contributed by atoms with Crippen molar-refractivity contribution in [3.63, 3.8) is 0 Å². The first kappa shape index (κ1) is 11.7. The molecule has 0 atom stereocenters. The third-order valence-corrected chi connectivity index (χ3v) is 2.16. The third-order valence-electron chi connectivity index (χ3n) is 2.16. The number of carbonyl (C=O) groups excluding carboxylic acids is 2. The van der Waals surface area contributed by atoms with Gasteiger partial charge in [-0.1, -0.05) is 0 Å². The van der Waals surface area contributed by atoms with E-state index in [2.05, 4.69) is 0 Å². The summed E-state index contributed by atoms with van der Waals surface area (Å²) in [5, 5.41) is 0. The van der Waals surface area contributed by atoms with E-state index in [4.69, 9.17) is 4.74 Å². The first-order valence-electron chi connectivity index (χ1n) is 4.83. The van der Waals surface area contributed by atoms with Gasteiger partial charge in [-0.05, 0) is 20.8 Å². The molecule has 1 rings (SSSR count). The average molecular weight is 213 g/mol. The molecular formula is C10H17N2O3+. The highest BCUT2D eigenvalue weighted by Crippen LogP contribution is 2.12. The Morgan fingerprint density at radius 1 is 1.47 bits per heavy atom. The second kappa shape index (κ2) is 3.64. The van der Waals surface area contributed by atoms with Crippen LogP contribution in [0.4, 0.5) is 4.79 Å². The molecule has 84 valence electrons. The molecule has 1 heterocycles. The molecule has 5 heteroatoms. The number of hydrogen-bond donors (Lipinski definition) is 0. The Bertz CT molecular complexity index is 339. The molecule has 0 unspecified atom stereocenters. The first-order valence-corrected chi connectivity index (χ1v) is 4.83. The molecule has 0 aromatic heterocycles. The van der Waals surface area contributed by atoms with Crippen molar-refractivity contribution in [1.82, 2.24) is 4.90 Å². The zero-order valence-corrected chi connectivity index (χ0v) is 9.83. The lowest BCUT2D eigenvalue weighted by molar-refractivity contribution is -0.412. The Hall–Kier alpha value is -1.39. The number of rotatable bonds is 0. The van der Waals surface area contributed by atoms with Crippen LogP contribution in [0.3, 0.4) is 0 Å². The Balaban J connectivity index is 2.77. The molecule has 0 fully saturated rings. The SMILES string of the molecule is CC1=[N+](C)C(=O)CN1C(=O)OC(C)(C)C. The van der Waals surface area contributed by atoms with Crippen LogP contribution in [-0.4, -0.2) is 46.5 Å². The summed E-state index contributed by atoms with van der Waals surface area (Å²) in [5.74, 6) is 0.507. The van der Waals surface area contributed by atoms with Crippen LogP contribution in [0.25, 0.3) is 0 Å². The Morgan fingerprint density at radius 3 is 2.33 bits per heavy atom. The van der Waals surface area contributed by atoms with Crippen LogP contribution in [0.2, 0.25) is 0 Å². The van der Waals surface area contributed by atoms with E-state index < -0.39 is 11.7 Å². The summed E-state index contributed by atoms with van der Waals surface area (Å²) in [4.78, 5) is 24.3. The fourth-order valence-corrected chi connectivity index (χ4v) is 1.23. The molecule has 0 N–H and O–H groups in total. The predicted molar refractivity (Wildman–Crippen MR) is 54.8 cm³/mol. The zero-order chi connectivity index (χ0) is 11.8. The van der Waals surface area contributed by atoms with Gasteiger partial charge in [-0.15, -0.1) is 0 Å². The molecule has 0 spiro atoms. The molecule has 0 saturated heterocycles. The van der Waals surface area contributed by atoms with E-state index in [1.807, 2.05) is 0 Å². The van der Waals surface area contributed by atoms with Crippen LogP contribution >= 0.6 is 0 Å². The number of likely N-dealkylation sites (N-methyl/N-ethyl adjacent to an activating group) is 1. The second-order valence-corrected chi connectivity index (χ2v) is 4.57. The molecule has 0 aromatic carbocycles. The first-order chi connectivity index (χ1) is 6.72. The minimum absolute atomic E-state index is 0.0667. The van der Waals surface area contributed by atoms with Gasteiger partial charge in [-0.3, -0.25) is 0 Å². The van der Waals surface area contributed by atoms with Crippen molar-refractivity contribution in [2.24, 2.45) is 0 Å². The summed E-state index contributed by atoms with van der Waals surface area (Å²) >= 11 is 0. The topological polar surface area (TPSA) is 49.6 Å². The van der Waals surface area contributed by atoms with Gasteiger partial charge in [-0.2, -0.15) is 14.3 Å². The quantitative estimate of drug-likeness (QED) is 0.560. The predicted octanol–water partition coefficient (Wildman–Crippen LogP) is 0.824. The maximum absolute atomic E-state index is 11.7. The highest BCUT2D eigenvalue weighted by Gasteiger charge is 2.40. The number of amidine groups is 1. The van der Waals surface area contributed by atoms with Gasteiger partial charge in [-0.25, -0.2) is 4.79 Å². The van der Waals surface area contributed by atoms with Crippen molar-refractivity contribution in [3.05, 3.63) is 0 Å². The summed E-state index contributed by atoms with van der Waals surface area (Å²) in [7, 11) is 1.64. The fourth-order valence-electron chi connectivity index (χ4n) is 1.23. The molecular weight excluding hydrogens is 196 g/mol. The summed E-state index contributed by atoms with van der Waals surface area (Å²) in [6.45, 7) is 7.16. The Labute approximate surface area is 89.3 Å². The zero-order valence-electron chi connectivity index (χ0n) is 9.83. The largest absolute Gasteiger partial charge is 0.507 e. The van der Waals surface area contributed by atoms with E-state index in [0.717, 1.165) is 0 Å². The van der Waals surface area contributed by atoms with Crippen LogP contribution in [0.15, 0.2) is 0 Å². The van der Waals surface area contributed by atoms with Gasteiger partial charge in [0.2, 0.25) is 0 Å². The van der Waals surface area contributed by atoms with Crippen LogP contribution in [0.5, 0.6) is 0 Å². The highest BCUT2D eigenvalue weighted by molar-refractivity contribution is 6.00. The van der Waals surface area contributed by atoms with E-state index >= 15 is 0 Å². The van der Waals surface area contributed by atoms with Gasteiger partial charge in [0.15, 0.2) is 6.54 Å². The lowest BCUT2D eigenvalue weighted by Gasteiger charge is -2.19. The minimum atomic E-state index is -0.540. The average Bonchev–Trinajstić information content (AvgIpc) is 2.30. The van der Waals surface area contributed by atoms with Crippen molar-refractivity contribution in [2.45, 2.75) is 33.3 Å². The molecule has 1 aliphatic heterocycles. The number of hydrogen-bond acceptors (Lipinski definition) is 3. The van der Waals surface area contributed by atoms with Gasteiger partial charge >= 0.3 is 12.0 Å². The highest BCUT2D eigenvalue weighted by atomic mass is 16.6. The van der Waals surface area contributed by atoms with Gasteiger partial charge < -0.3 is 4.74 Å². The molecule has 0 aliphatic carbocycles. The minimum Gasteiger partial charge on any atom is -0.426 e. The van der Waals surface area contributed by atoms with Gasteiger partial charge in [0, 0.05) is 6.92 Å². The van der Waals surface area contributed by atoms with Crippen molar-refractivity contribution in [2.75, 3.05) is 13.6 Å². The van der Waals surface area contributed by atoms with E-state index in [1.54, 1.807) is 34.7 Å². The van der Waals surface area contributed by atoms with Crippen molar-refractivity contribution in [1.29, 1.82) is 0 Å². The van der Waals surface area contributed by atoms with Crippen LogP contribution in [-0.2, 0) is 9.53 Å².